The zero-order valence-corrected chi connectivity index (χ0v) is 13.9. The fourth-order valence-electron chi connectivity index (χ4n) is 2.53. The summed E-state index contributed by atoms with van der Waals surface area (Å²) in [6.07, 6.45) is 1.22. The Balaban J connectivity index is 1.50. The minimum atomic E-state index is -0.363. The van der Waals surface area contributed by atoms with Gasteiger partial charge in [-0.15, -0.1) is 0 Å². The highest BCUT2D eigenvalue weighted by atomic mass is 19.1. The molecule has 1 aromatic heterocycles. The molecular weight excluding hydrogens is 319 g/mol. The zero-order chi connectivity index (χ0) is 17.6. The van der Waals surface area contributed by atoms with Crippen molar-refractivity contribution in [3.05, 3.63) is 82.7 Å². The van der Waals surface area contributed by atoms with Crippen LogP contribution in [0.15, 0.2) is 48.5 Å². The van der Waals surface area contributed by atoms with Gasteiger partial charge in [-0.1, -0.05) is 29.8 Å². The second-order valence-corrected chi connectivity index (χ2v) is 5.88. The van der Waals surface area contributed by atoms with E-state index < -0.39 is 0 Å². The predicted octanol–water partition coefficient (Wildman–Crippen LogP) is 2.82. The molecule has 0 atom stereocenters. The number of H-pyrrole nitrogens is 1. The molecule has 6 heteroatoms. The van der Waals surface area contributed by atoms with Crippen LogP contribution in [-0.2, 0) is 12.8 Å². The van der Waals surface area contributed by atoms with Gasteiger partial charge in [-0.05, 0) is 36.8 Å². The van der Waals surface area contributed by atoms with Crippen LogP contribution < -0.4 is 5.32 Å². The zero-order valence-electron chi connectivity index (χ0n) is 13.9. The number of carbonyl (C=O) groups excluding carboxylic acids is 1. The molecule has 0 fully saturated rings. The number of aryl methyl sites for hydroxylation is 1. The molecule has 1 heterocycles. The lowest BCUT2D eigenvalue weighted by molar-refractivity contribution is 0.0954. The molecule has 0 saturated carbocycles. The summed E-state index contributed by atoms with van der Waals surface area (Å²) in [7, 11) is 0. The van der Waals surface area contributed by atoms with Gasteiger partial charge in [0.05, 0.1) is 0 Å². The van der Waals surface area contributed by atoms with Crippen LogP contribution in [0.4, 0.5) is 4.39 Å². The van der Waals surface area contributed by atoms with Crippen molar-refractivity contribution in [2.45, 2.75) is 19.8 Å². The second kappa shape index (κ2) is 7.70. The van der Waals surface area contributed by atoms with Gasteiger partial charge in [0.25, 0.3) is 5.91 Å². The molecule has 3 rings (SSSR count). The number of rotatable bonds is 6. The number of benzene rings is 2. The Hall–Kier alpha value is -3.02. The van der Waals surface area contributed by atoms with Gasteiger partial charge in [0, 0.05) is 24.9 Å². The van der Waals surface area contributed by atoms with E-state index in [1.807, 2.05) is 6.07 Å². The van der Waals surface area contributed by atoms with Crippen molar-refractivity contribution in [1.82, 2.24) is 20.5 Å². The van der Waals surface area contributed by atoms with Crippen LogP contribution in [0.1, 0.15) is 33.1 Å². The standard InChI is InChI=1S/C19H19FN4O/c1-13-3-2-4-14(11-13)12-18-22-17(23-24-18)9-10-21-19(25)15-5-7-16(20)8-6-15/h2-8,11H,9-10,12H2,1H3,(H,21,25)(H,22,23,24). The summed E-state index contributed by atoms with van der Waals surface area (Å²) in [5, 5.41) is 9.89. The molecule has 2 N–H and O–H groups in total. The normalized spacial score (nSPS) is 10.6. The Morgan fingerprint density at radius 3 is 2.76 bits per heavy atom. The molecule has 0 unspecified atom stereocenters. The van der Waals surface area contributed by atoms with Gasteiger partial charge in [0.2, 0.25) is 0 Å². The molecule has 0 aliphatic carbocycles. The number of nitrogens with one attached hydrogen (secondary N) is 2. The molecule has 0 bridgehead atoms. The number of aromatic nitrogens is 3. The van der Waals surface area contributed by atoms with E-state index in [4.69, 9.17) is 0 Å². The number of carbonyl (C=O) groups is 1. The van der Waals surface area contributed by atoms with Gasteiger partial charge in [0.1, 0.15) is 11.6 Å². The molecule has 0 radical (unpaired) electrons. The van der Waals surface area contributed by atoms with Crippen molar-refractivity contribution < 1.29 is 9.18 Å². The fraction of sp³-hybridized carbons (Fsp3) is 0.211. The first-order valence-electron chi connectivity index (χ1n) is 8.09. The Morgan fingerprint density at radius 1 is 1.20 bits per heavy atom. The molecule has 2 aromatic carbocycles. The quantitative estimate of drug-likeness (QED) is 0.726. The van der Waals surface area contributed by atoms with Crippen LogP contribution in [0.3, 0.4) is 0 Å². The van der Waals surface area contributed by atoms with Crippen molar-refractivity contribution in [3.8, 4) is 0 Å². The molecule has 3 aromatic rings. The first-order chi connectivity index (χ1) is 12.1. The average molecular weight is 338 g/mol. The number of nitrogens with zero attached hydrogens (tertiary/aromatic N) is 2. The molecule has 0 spiro atoms. The van der Waals surface area contributed by atoms with Gasteiger partial charge < -0.3 is 5.32 Å². The largest absolute Gasteiger partial charge is 0.352 e. The van der Waals surface area contributed by atoms with Gasteiger partial charge in [-0.2, -0.15) is 5.10 Å². The number of aromatic amines is 1. The Morgan fingerprint density at radius 2 is 2.00 bits per heavy atom. The third-order valence-corrected chi connectivity index (χ3v) is 3.77. The second-order valence-electron chi connectivity index (χ2n) is 5.88. The van der Waals surface area contributed by atoms with E-state index in [1.54, 1.807) is 0 Å². The fourth-order valence-corrected chi connectivity index (χ4v) is 2.53. The number of amides is 1. The van der Waals surface area contributed by atoms with Gasteiger partial charge in [0.15, 0.2) is 5.82 Å². The Kier molecular flexibility index (Phi) is 5.18. The summed E-state index contributed by atoms with van der Waals surface area (Å²) in [6, 6.07) is 13.7. The van der Waals surface area contributed by atoms with E-state index in [1.165, 1.54) is 35.4 Å². The van der Waals surface area contributed by atoms with Crippen LogP contribution in [0.2, 0.25) is 0 Å². The minimum Gasteiger partial charge on any atom is -0.352 e. The van der Waals surface area contributed by atoms with E-state index in [0.29, 0.717) is 30.8 Å². The van der Waals surface area contributed by atoms with E-state index in [9.17, 15) is 9.18 Å². The maximum Gasteiger partial charge on any atom is 0.251 e. The van der Waals surface area contributed by atoms with Gasteiger partial charge in [-0.3, -0.25) is 9.89 Å². The SMILES string of the molecule is Cc1cccc(Cc2nc(CCNC(=O)c3ccc(F)cc3)n[nH]2)c1. The monoisotopic (exact) mass is 338 g/mol. The highest BCUT2D eigenvalue weighted by Gasteiger charge is 2.07. The highest BCUT2D eigenvalue weighted by Crippen LogP contribution is 2.08. The summed E-state index contributed by atoms with van der Waals surface area (Å²) < 4.78 is 12.9. The summed E-state index contributed by atoms with van der Waals surface area (Å²) >= 11 is 0. The molecule has 5 nitrogen and oxygen atoms in total. The lowest BCUT2D eigenvalue weighted by Crippen LogP contribution is -2.25. The summed E-state index contributed by atoms with van der Waals surface area (Å²) in [5.41, 5.74) is 2.81. The van der Waals surface area contributed by atoms with Crippen molar-refractivity contribution in [3.63, 3.8) is 0 Å². The Labute approximate surface area is 145 Å². The molecule has 0 saturated heterocycles. The van der Waals surface area contributed by atoms with Crippen molar-refractivity contribution in [1.29, 1.82) is 0 Å². The van der Waals surface area contributed by atoms with Crippen molar-refractivity contribution in [2.75, 3.05) is 6.54 Å². The van der Waals surface area contributed by atoms with E-state index in [2.05, 4.69) is 45.6 Å². The molecule has 25 heavy (non-hydrogen) atoms. The summed E-state index contributed by atoms with van der Waals surface area (Å²) in [4.78, 5) is 16.4. The average Bonchev–Trinajstić information content (AvgIpc) is 3.02. The van der Waals surface area contributed by atoms with Crippen molar-refractivity contribution >= 4 is 5.91 Å². The van der Waals surface area contributed by atoms with Crippen LogP contribution >= 0.6 is 0 Å². The topological polar surface area (TPSA) is 70.7 Å². The van der Waals surface area contributed by atoms with Crippen LogP contribution in [-0.4, -0.2) is 27.6 Å². The van der Waals surface area contributed by atoms with E-state index >= 15 is 0 Å². The summed E-state index contributed by atoms with van der Waals surface area (Å²) in [6.45, 7) is 2.47. The van der Waals surface area contributed by atoms with E-state index in [-0.39, 0.29) is 11.7 Å². The third-order valence-electron chi connectivity index (χ3n) is 3.77. The first-order valence-corrected chi connectivity index (χ1v) is 8.09. The molecule has 0 aliphatic heterocycles. The number of halogens is 1. The van der Waals surface area contributed by atoms with E-state index in [0.717, 1.165) is 5.82 Å². The third kappa shape index (κ3) is 4.73. The Bertz CT molecular complexity index is 858. The maximum atomic E-state index is 12.9. The molecule has 128 valence electrons. The molecule has 0 aliphatic rings. The van der Waals surface area contributed by atoms with Crippen LogP contribution in [0, 0.1) is 12.7 Å². The highest BCUT2D eigenvalue weighted by molar-refractivity contribution is 5.94. The predicted molar refractivity (Wildman–Crippen MR) is 92.8 cm³/mol. The lowest BCUT2D eigenvalue weighted by atomic mass is 10.1. The van der Waals surface area contributed by atoms with Crippen LogP contribution in [0.5, 0.6) is 0 Å². The number of hydrogen-bond acceptors (Lipinski definition) is 3. The first kappa shape index (κ1) is 16.8. The number of hydrogen-bond donors (Lipinski definition) is 2. The molecular formula is C19H19FN4O. The van der Waals surface area contributed by atoms with Crippen molar-refractivity contribution in [2.24, 2.45) is 0 Å². The lowest BCUT2D eigenvalue weighted by Gasteiger charge is -2.03. The smallest absolute Gasteiger partial charge is 0.251 e. The van der Waals surface area contributed by atoms with Crippen LogP contribution in [0.25, 0.3) is 0 Å². The van der Waals surface area contributed by atoms with Gasteiger partial charge in [-0.25, -0.2) is 9.37 Å². The summed E-state index contributed by atoms with van der Waals surface area (Å²) in [5.74, 6) is 0.849. The molecule has 1 amide bonds. The van der Waals surface area contributed by atoms with Gasteiger partial charge >= 0.3 is 0 Å². The minimum absolute atomic E-state index is 0.240. The maximum absolute atomic E-state index is 12.9.